The van der Waals surface area contributed by atoms with Gasteiger partial charge in [-0.3, -0.25) is 9.97 Å². The van der Waals surface area contributed by atoms with Gasteiger partial charge in [0.15, 0.2) is 0 Å². The highest BCUT2D eigenvalue weighted by molar-refractivity contribution is 5.99. The van der Waals surface area contributed by atoms with Crippen LogP contribution < -0.4 is 10.6 Å². The second kappa shape index (κ2) is 9.53. The normalized spacial score (nSPS) is 19.8. The fourth-order valence-electron chi connectivity index (χ4n) is 6.33. The third kappa shape index (κ3) is 4.29. The van der Waals surface area contributed by atoms with Crippen molar-refractivity contribution in [3.8, 4) is 12.1 Å². The minimum absolute atomic E-state index is 0.0171. The molecule has 0 saturated heterocycles. The molecule has 8 rings (SSSR count). The van der Waals surface area contributed by atoms with Gasteiger partial charge in [-0.2, -0.15) is 10.5 Å². The van der Waals surface area contributed by atoms with Crippen LogP contribution in [-0.4, -0.2) is 31.5 Å². The fourth-order valence-corrected chi connectivity index (χ4v) is 6.33. The van der Waals surface area contributed by atoms with E-state index in [2.05, 4.69) is 80.8 Å². The van der Waals surface area contributed by atoms with Gasteiger partial charge in [0.05, 0.1) is 40.1 Å². The van der Waals surface area contributed by atoms with Gasteiger partial charge in [-0.25, -0.2) is 4.68 Å². The second-order valence-electron chi connectivity index (χ2n) is 12.9. The zero-order valence-electron chi connectivity index (χ0n) is 23.9. The lowest BCUT2D eigenvalue weighted by molar-refractivity contribution is -0.0989. The molecule has 42 heavy (non-hydrogen) atoms. The quantitative estimate of drug-likeness (QED) is 0.241. The summed E-state index contributed by atoms with van der Waals surface area (Å²) in [6, 6.07) is 16.2. The van der Waals surface area contributed by atoms with Crippen LogP contribution in [0.5, 0.6) is 0 Å². The van der Waals surface area contributed by atoms with E-state index >= 15 is 0 Å². The topological polar surface area (TPSA) is 128 Å². The van der Waals surface area contributed by atoms with Crippen molar-refractivity contribution in [2.24, 2.45) is 11.3 Å². The summed E-state index contributed by atoms with van der Waals surface area (Å²) in [5.74, 6) is 0.826. The molecule has 3 aliphatic rings. The summed E-state index contributed by atoms with van der Waals surface area (Å²) in [6.07, 6.45) is 10.8. The molecule has 2 N–H and O–H groups in total. The first-order chi connectivity index (χ1) is 20.3. The van der Waals surface area contributed by atoms with Crippen LogP contribution in [0.1, 0.15) is 68.5 Å². The Morgan fingerprint density at radius 1 is 1.05 bits per heavy atom. The number of pyridine rings is 2. The van der Waals surface area contributed by atoms with Crippen molar-refractivity contribution >= 4 is 33.1 Å². The summed E-state index contributed by atoms with van der Waals surface area (Å²) in [6.45, 7) is 7.05. The smallest absolute Gasteiger partial charge is 0.110 e. The highest BCUT2D eigenvalue weighted by atomic mass is 15.5. The molecule has 3 saturated carbocycles. The van der Waals surface area contributed by atoms with Gasteiger partial charge in [0.1, 0.15) is 17.8 Å². The van der Waals surface area contributed by atoms with Crippen molar-refractivity contribution in [1.29, 1.82) is 10.5 Å². The maximum Gasteiger partial charge on any atom is 0.110 e. The van der Waals surface area contributed by atoms with Crippen molar-refractivity contribution < 1.29 is 0 Å². The van der Waals surface area contributed by atoms with E-state index in [1.807, 2.05) is 36.5 Å². The Balaban J connectivity index is 1.36. The van der Waals surface area contributed by atoms with Crippen LogP contribution in [-0.2, 0) is 5.54 Å². The minimum Gasteiger partial charge on any atom is -0.383 e. The fraction of sp³-hybridized carbons (Fsp3) is 0.333. The summed E-state index contributed by atoms with van der Waals surface area (Å²) in [7, 11) is 0. The summed E-state index contributed by atoms with van der Waals surface area (Å²) < 4.78 is 2.06. The number of nitriles is 2. The Hall–Kier alpha value is -5.02. The molecule has 0 aliphatic heterocycles. The van der Waals surface area contributed by atoms with E-state index in [0.29, 0.717) is 28.9 Å². The van der Waals surface area contributed by atoms with E-state index in [-0.39, 0.29) is 17.0 Å². The number of aromatic nitrogens is 5. The van der Waals surface area contributed by atoms with Crippen molar-refractivity contribution in [1.82, 2.24) is 25.0 Å². The number of hydrogen-bond donors (Lipinski definition) is 2. The first-order valence-electron chi connectivity index (χ1n) is 14.3. The van der Waals surface area contributed by atoms with E-state index in [1.165, 1.54) is 25.5 Å². The SMILES string of the molecule is CC(C)(C)CNc1c(C#N)cnc2c(C#N)cc(NC(c3cn(C45CC(C4)C5)nn3)c3cccc4cnccc34)cc12. The molecular formula is C33H31N9. The molecule has 9 heteroatoms. The van der Waals surface area contributed by atoms with Gasteiger partial charge in [0.2, 0.25) is 0 Å². The zero-order valence-corrected chi connectivity index (χ0v) is 23.9. The first-order valence-corrected chi connectivity index (χ1v) is 14.3. The van der Waals surface area contributed by atoms with Crippen LogP contribution in [0.4, 0.5) is 11.4 Å². The zero-order chi connectivity index (χ0) is 29.1. The van der Waals surface area contributed by atoms with Gasteiger partial charge >= 0.3 is 0 Å². The maximum absolute atomic E-state index is 10.1. The number of fused-ring (bicyclic) bond motifs is 2. The highest BCUT2D eigenvalue weighted by Gasteiger charge is 2.58. The van der Waals surface area contributed by atoms with Crippen molar-refractivity contribution in [3.05, 3.63) is 83.6 Å². The van der Waals surface area contributed by atoms with Crippen LogP contribution in [0, 0.1) is 34.0 Å². The molecule has 5 aromatic rings. The lowest BCUT2D eigenvalue weighted by Gasteiger charge is -2.61. The van der Waals surface area contributed by atoms with Crippen LogP contribution in [0.3, 0.4) is 0 Å². The van der Waals surface area contributed by atoms with Gasteiger partial charge in [0.25, 0.3) is 0 Å². The Labute approximate surface area is 244 Å². The molecule has 3 heterocycles. The van der Waals surface area contributed by atoms with Crippen molar-refractivity contribution in [2.75, 3.05) is 17.2 Å². The standard InChI is InChI=1S/C33H31N9/c1-32(2,3)19-38-30-23(15-35)17-37-29-22(14-34)9-24(10-27(29)30)39-31(26-6-4-5-21-16-36-8-7-25(21)26)28-18-42(41-40-28)33-11-20(12-33)13-33/h4-10,16-18,20,31,39H,11-13,19H2,1-3H3,(H,37,38). The maximum atomic E-state index is 10.1. The third-order valence-electron chi connectivity index (χ3n) is 8.64. The van der Waals surface area contributed by atoms with Crippen LogP contribution >= 0.6 is 0 Å². The molecule has 0 amide bonds. The first kappa shape index (κ1) is 25.9. The molecule has 2 aromatic carbocycles. The average molecular weight is 554 g/mol. The summed E-state index contributed by atoms with van der Waals surface area (Å²) in [5.41, 5.74) is 4.77. The van der Waals surface area contributed by atoms with Crippen LogP contribution in [0.25, 0.3) is 21.7 Å². The Morgan fingerprint density at radius 3 is 2.57 bits per heavy atom. The van der Waals surface area contributed by atoms with Crippen LogP contribution in [0.2, 0.25) is 0 Å². The molecule has 3 aromatic heterocycles. The second-order valence-corrected chi connectivity index (χ2v) is 12.9. The third-order valence-corrected chi connectivity index (χ3v) is 8.64. The van der Waals surface area contributed by atoms with Gasteiger partial charge in [-0.15, -0.1) is 5.10 Å². The van der Waals surface area contributed by atoms with Gasteiger partial charge < -0.3 is 10.6 Å². The molecule has 0 radical (unpaired) electrons. The number of anilines is 2. The van der Waals surface area contributed by atoms with Gasteiger partial charge in [-0.1, -0.05) is 44.2 Å². The number of hydrogen-bond acceptors (Lipinski definition) is 8. The van der Waals surface area contributed by atoms with Crippen molar-refractivity contribution in [2.45, 2.75) is 51.6 Å². The van der Waals surface area contributed by atoms with E-state index < -0.39 is 0 Å². The molecule has 208 valence electrons. The molecule has 3 fully saturated rings. The highest BCUT2D eigenvalue weighted by Crippen LogP contribution is 2.62. The number of benzene rings is 2. The monoisotopic (exact) mass is 553 g/mol. The Morgan fingerprint density at radius 2 is 1.86 bits per heavy atom. The molecule has 0 spiro atoms. The molecule has 3 aliphatic carbocycles. The van der Waals surface area contributed by atoms with Crippen molar-refractivity contribution in [3.63, 3.8) is 0 Å². The predicted octanol–water partition coefficient (Wildman–Crippen LogP) is 6.29. The molecule has 1 atom stereocenters. The van der Waals surface area contributed by atoms with E-state index in [0.717, 1.165) is 39.0 Å². The number of nitrogens with zero attached hydrogens (tertiary/aromatic N) is 7. The lowest BCUT2D eigenvalue weighted by atomic mass is 9.50. The van der Waals surface area contributed by atoms with Gasteiger partial charge in [-0.05, 0) is 59.7 Å². The lowest BCUT2D eigenvalue weighted by Crippen LogP contribution is -2.59. The average Bonchev–Trinajstić information content (AvgIpc) is 3.41. The summed E-state index contributed by atoms with van der Waals surface area (Å²) >= 11 is 0. The molecule has 1 unspecified atom stereocenters. The van der Waals surface area contributed by atoms with Crippen LogP contribution in [0.15, 0.2) is 61.2 Å². The number of rotatable bonds is 7. The number of nitrogens with one attached hydrogen (secondary N) is 2. The van der Waals surface area contributed by atoms with E-state index in [1.54, 1.807) is 6.20 Å². The molecular weight excluding hydrogens is 522 g/mol. The van der Waals surface area contributed by atoms with E-state index in [9.17, 15) is 10.5 Å². The summed E-state index contributed by atoms with van der Waals surface area (Å²) in [4.78, 5) is 8.83. The minimum atomic E-state index is -0.348. The Kier molecular flexibility index (Phi) is 5.88. The van der Waals surface area contributed by atoms with E-state index in [4.69, 9.17) is 0 Å². The predicted molar refractivity (Wildman–Crippen MR) is 162 cm³/mol. The van der Waals surface area contributed by atoms with Gasteiger partial charge in [0, 0.05) is 41.6 Å². The summed E-state index contributed by atoms with van der Waals surface area (Å²) in [5, 5.41) is 39.3. The molecule has 2 bridgehead atoms. The largest absolute Gasteiger partial charge is 0.383 e. The molecule has 9 nitrogen and oxygen atoms in total. The Bertz CT molecular complexity index is 1910.